The molecule has 4 rings (SSSR count). The average molecular weight is 477 g/mol. The first-order chi connectivity index (χ1) is 16.4. The lowest BCUT2D eigenvalue weighted by molar-refractivity contribution is -0.122. The van der Waals surface area contributed by atoms with Crippen LogP contribution in [0.4, 0.5) is 10.5 Å². The highest BCUT2D eigenvalue weighted by molar-refractivity contribution is 6.39. The van der Waals surface area contributed by atoms with Crippen LogP contribution < -0.4 is 19.7 Å². The summed E-state index contributed by atoms with van der Waals surface area (Å²) in [5, 5.41) is 2.86. The summed E-state index contributed by atoms with van der Waals surface area (Å²) in [4.78, 5) is 38.8. The number of nitrogens with one attached hydrogen (secondary N) is 1. The zero-order chi connectivity index (χ0) is 24.2. The summed E-state index contributed by atoms with van der Waals surface area (Å²) in [5.41, 5.74) is 2.65. The molecule has 0 aliphatic carbocycles. The lowest BCUT2D eigenvalue weighted by atomic mass is 10.1. The Hall–Kier alpha value is -4.10. The first-order valence-electron chi connectivity index (χ1n) is 10.4. The van der Waals surface area contributed by atoms with Gasteiger partial charge in [-0.25, -0.2) is 9.69 Å². The van der Waals surface area contributed by atoms with Crippen LogP contribution in [0, 0.1) is 6.92 Å². The molecule has 1 fully saturated rings. The van der Waals surface area contributed by atoms with Gasteiger partial charge in [-0.3, -0.25) is 14.9 Å². The van der Waals surface area contributed by atoms with Crippen molar-refractivity contribution in [2.75, 3.05) is 12.0 Å². The van der Waals surface area contributed by atoms with E-state index in [0.29, 0.717) is 34.4 Å². The van der Waals surface area contributed by atoms with Crippen LogP contribution in [0.2, 0.25) is 5.02 Å². The third kappa shape index (κ3) is 4.94. The highest BCUT2D eigenvalue weighted by Gasteiger charge is 2.36. The number of hydrogen-bond acceptors (Lipinski definition) is 5. The number of carbonyl (C=O) groups is 3. The maximum absolute atomic E-state index is 13.1. The molecule has 3 aromatic carbocycles. The topological polar surface area (TPSA) is 84.9 Å². The summed E-state index contributed by atoms with van der Waals surface area (Å²) in [6.45, 7) is 2.20. The Kier molecular flexibility index (Phi) is 6.65. The van der Waals surface area contributed by atoms with Gasteiger partial charge in [0.15, 0.2) is 11.5 Å². The third-order valence-electron chi connectivity index (χ3n) is 5.20. The van der Waals surface area contributed by atoms with Gasteiger partial charge in [-0.05, 0) is 60.5 Å². The fourth-order valence-electron chi connectivity index (χ4n) is 3.39. The Labute approximate surface area is 201 Å². The number of methoxy groups -OCH3 is 1. The highest BCUT2D eigenvalue weighted by atomic mass is 35.5. The molecule has 3 aromatic rings. The van der Waals surface area contributed by atoms with Crippen molar-refractivity contribution < 1.29 is 23.9 Å². The Balaban J connectivity index is 1.58. The van der Waals surface area contributed by atoms with Crippen molar-refractivity contribution in [3.63, 3.8) is 0 Å². The van der Waals surface area contributed by atoms with Crippen LogP contribution in [0.1, 0.15) is 16.7 Å². The van der Waals surface area contributed by atoms with Crippen molar-refractivity contribution in [2.45, 2.75) is 13.5 Å². The van der Waals surface area contributed by atoms with E-state index in [4.69, 9.17) is 21.1 Å². The van der Waals surface area contributed by atoms with Gasteiger partial charge >= 0.3 is 6.03 Å². The quantitative estimate of drug-likeness (QED) is 0.404. The predicted octanol–water partition coefficient (Wildman–Crippen LogP) is 4.90. The Morgan fingerprint density at radius 2 is 1.65 bits per heavy atom. The minimum Gasteiger partial charge on any atom is -0.493 e. The molecule has 0 aromatic heterocycles. The number of imide groups is 2. The largest absolute Gasteiger partial charge is 0.493 e. The first kappa shape index (κ1) is 23.1. The van der Waals surface area contributed by atoms with Crippen molar-refractivity contribution in [3.8, 4) is 11.5 Å². The second kappa shape index (κ2) is 9.80. The minimum atomic E-state index is -0.792. The van der Waals surface area contributed by atoms with Gasteiger partial charge in [0, 0.05) is 5.02 Å². The van der Waals surface area contributed by atoms with Crippen molar-refractivity contribution in [2.24, 2.45) is 0 Å². The van der Waals surface area contributed by atoms with Gasteiger partial charge in [-0.1, -0.05) is 47.5 Å². The Bertz CT molecular complexity index is 1280. The average Bonchev–Trinajstić information content (AvgIpc) is 2.83. The maximum atomic E-state index is 13.1. The minimum absolute atomic E-state index is 0.169. The molecule has 7 nitrogen and oxygen atoms in total. The number of carbonyl (C=O) groups excluding carboxylic acids is 3. The number of urea groups is 1. The van der Waals surface area contributed by atoms with Crippen molar-refractivity contribution >= 4 is 41.2 Å². The number of amides is 4. The van der Waals surface area contributed by atoms with Crippen LogP contribution in [-0.2, 0) is 16.2 Å². The summed E-state index contributed by atoms with van der Waals surface area (Å²) in [5.74, 6) is -0.547. The smallest absolute Gasteiger partial charge is 0.335 e. The van der Waals surface area contributed by atoms with Crippen molar-refractivity contribution in [1.82, 2.24) is 5.32 Å². The molecule has 172 valence electrons. The monoisotopic (exact) mass is 476 g/mol. The van der Waals surface area contributed by atoms with E-state index in [9.17, 15) is 14.4 Å². The molecule has 0 unspecified atom stereocenters. The lowest BCUT2D eigenvalue weighted by Gasteiger charge is -2.26. The number of hydrogen-bond donors (Lipinski definition) is 1. The molecule has 1 aliphatic rings. The van der Waals surface area contributed by atoms with E-state index in [-0.39, 0.29) is 5.57 Å². The van der Waals surface area contributed by atoms with Crippen LogP contribution in [0.15, 0.2) is 72.3 Å². The molecule has 34 heavy (non-hydrogen) atoms. The number of barbiturate groups is 1. The van der Waals surface area contributed by atoms with Gasteiger partial charge in [0.1, 0.15) is 12.2 Å². The Morgan fingerprint density at radius 3 is 2.32 bits per heavy atom. The van der Waals surface area contributed by atoms with Gasteiger partial charge in [0.2, 0.25) is 0 Å². The molecule has 8 heteroatoms. The number of ether oxygens (including phenoxy) is 2. The number of halogens is 1. The summed E-state index contributed by atoms with van der Waals surface area (Å²) >= 11 is 5.91. The molecule has 1 heterocycles. The number of nitrogens with zero attached hydrogens (tertiary/aromatic N) is 1. The molecule has 1 aliphatic heterocycles. The van der Waals surface area contributed by atoms with E-state index in [1.54, 1.807) is 54.6 Å². The first-order valence-corrected chi connectivity index (χ1v) is 10.8. The number of aryl methyl sites for hydroxylation is 1. The fraction of sp³-hybridized carbons (Fsp3) is 0.115. The standard InChI is InChI=1S/C26H21ClN2O5/c1-16-3-10-20(11-4-16)29-25(31)21(24(30)28-26(29)32)13-18-7-12-22(23(14-18)33-2)34-15-17-5-8-19(27)9-6-17/h3-14H,15H2,1-2H3,(H,28,30,32)/b21-13+. The van der Waals surface area contributed by atoms with E-state index < -0.39 is 17.8 Å². The molecular weight excluding hydrogens is 456 g/mol. The van der Waals surface area contributed by atoms with Crippen LogP contribution in [0.5, 0.6) is 11.5 Å². The summed E-state index contributed by atoms with van der Waals surface area (Å²) in [6.07, 6.45) is 1.41. The van der Waals surface area contributed by atoms with Crippen LogP contribution in [-0.4, -0.2) is 25.0 Å². The van der Waals surface area contributed by atoms with E-state index in [2.05, 4.69) is 5.32 Å². The highest BCUT2D eigenvalue weighted by Crippen LogP contribution is 2.30. The SMILES string of the molecule is COc1cc(/C=C2\C(=O)NC(=O)N(c3ccc(C)cc3)C2=O)ccc1OCc1ccc(Cl)cc1. The third-order valence-corrected chi connectivity index (χ3v) is 5.45. The number of anilines is 1. The second-order valence-corrected chi connectivity index (χ2v) is 8.06. The normalized spacial score (nSPS) is 14.9. The van der Waals surface area contributed by atoms with E-state index in [1.165, 1.54) is 13.2 Å². The summed E-state index contributed by atoms with van der Waals surface area (Å²) in [7, 11) is 1.50. The van der Waals surface area contributed by atoms with Gasteiger partial charge in [-0.15, -0.1) is 0 Å². The molecule has 0 atom stereocenters. The molecule has 0 saturated carbocycles. The van der Waals surface area contributed by atoms with Crippen LogP contribution >= 0.6 is 11.6 Å². The molecular formula is C26H21ClN2O5. The van der Waals surface area contributed by atoms with E-state index >= 15 is 0 Å². The molecule has 4 amide bonds. The molecule has 1 N–H and O–H groups in total. The predicted molar refractivity (Wildman–Crippen MR) is 129 cm³/mol. The molecule has 0 radical (unpaired) electrons. The lowest BCUT2D eigenvalue weighted by Crippen LogP contribution is -2.54. The molecule has 0 bridgehead atoms. The van der Waals surface area contributed by atoms with Crippen molar-refractivity contribution in [1.29, 1.82) is 0 Å². The summed E-state index contributed by atoms with van der Waals surface area (Å²) in [6, 6.07) is 18.4. The van der Waals surface area contributed by atoms with Crippen LogP contribution in [0.25, 0.3) is 6.08 Å². The maximum Gasteiger partial charge on any atom is 0.335 e. The second-order valence-electron chi connectivity index (χ2n) is 7.62. The van der Waals surface area contributed by atoms with Gasteiger partial charge in [0.25, 0.3) is 11.8 Å². The zero-order valence-corrected chi connectivity index (χ0v) is 19.3. The van der Waals surface area contributed by atoms with Crippen LogP contribution in [0.3, 0.4) is 0 Å². The van der Waals surface area contributed by atoms with E-state index in [1.807, 2.05) is 19.1 Å². The fourth-order valence-corrected chi connectivity index (χ4v) is 3.51. The molecule has 0 spiro atoms. The number of rotatable bonds is 6. The van der Waals surface area contributed by atoms with E-state index in [0.717, 1.165) is 16.0 Å². The molecule has 1 saturated heterocycles. The van der Waals surface area contributed by atoms with Gasteiger partial charge in [-0.2, -0.15) is 0 Å². The van der Waals surface area contributed by atoms with Gasteiger partial charge < -0.3 is 9.47 Å². The summed E-state index contributed by atoms with van der Waals surface area (Å²) < 4.78 is 11.3. The Morgan fingerprint density at radius 1 is 0.941 bits per heavy atom. The van der Waals surface area contributed by atoms with Crippen molar-refractivity contribution in [3.05, 3.63) is 94.0 Å². The van der Waals surface area contributed by atoms with Gasteiger partial charge in [0.05, 0.1) is 12.8 Å². The zero-order valence-electron chi connectivity index (χ0n) is 18.5. The number of benzene rings is 3.